The van der Waals surface area contributed by atoms with Crippen molar-refractivity contribution in [1.82, 2.24) is 15.5 Å². The van der Waals surface area contributed by atoms with Crippen LogP contribution in [0.1, 0.15) is 26.3 Å². The summed E-state index contributed by atoms with van der Waals surface area (Å²) in [5, 5.41) is 6.66. The molecule has 0 amide bonds. The van der Waals surface area contributed by atoms with Gasteiger partial charge in [0.15, 0.2) is 5.96 Å². The Morgan fingerprint density at radius 1 is 1.21 bits per heavy atom. The minimum atomic E-state index is 0. The predicted molar refractivity (Wildman–Crippen MR) is 129 cm³/mol. The van der Waals surface area contributed by atoms with Crippen molar-refractivity contribution in [2.24, 2.45) is 4.99 Å². The highest BCUT2D eigenvalue weighted by atomic mass is 127. The third-order valence-corrected chi connectivity index (χ3v) is 4.82. The van der Waals surface area contributed by atoms with Gasteiger partial charge >= 0.3 is 0 Å². The van der Waals surface area contributed by atoms with E-state index in [1.165, 1.54) is 0 Å². The molecule has 166 valence electrons. The fourth-order valence-electron chi connectivity index (χ4n) is 3.13. The van der Waals surface area contributed by atoms with E-state index in [4.69, 9.17) is 19.2 Å². The predicted octanol–water partition coefficient (Wildman–Crippen LogP) is 2.50. The minimum absolute atomic E-state index is 0. The highest BCUT2D eigenvalue weighted by Crippen LogP contribution is 2.18. The van der Waals surface area contributed by atoms with Crippen molar-refractivity contribution in [3.05, 3.63) is 29.8 Å². The lowest BCUT2D eigenvalue weighted by Crippen LogP contribution is -2.52. The summed E-state index contributed by atoms with van der Waals surface area (Å²) >= 11 is 0. The van der Waals surface area contributed by atoms with Gasteiger partial charge in [-0.25, -0.2) is 0 Å². The average Bonchev–Trinajstić information content (AvgIpc) is 2.72. The van der Waals surface area contributed by atoms with Crippen LogP contribution in [0.25, 0.3) is 0 Å². The first-order valence-electron chi connectivity index (χ1n) is 10.1. The lowest BCUT2D eigenvalue weighted by Gasteiger charge is -2.39. The third-order valence-electron chi connectivity index (χ3n) is 4.82. The van der Waals surface area contributed by atoms with Gasteiger partial charge in [0.25, 0.3) is 0 Å². The number of guanidine groups is 1. The van der Waals surface area contributed by atoms with Crippen LogP contribution in [0.15, 0.2) is 29.3 Å². The number of rotatable bonds is 10. The van der Waals surface area contributed by atoms with Crippen molar-refractivity contribution in [2.75, 3.05) is 59.7 Å². The van der Waals surface area contributed by atoms with E-state index in [0.717, 1.165) is 56.7 Å². The van der Waals surface area contributed by atoms with Gasteiger partial charge in [0.2, 0.25) is 0 Å². The quantitative estimate of drug-likeness (QED) is 0.214. The molecule has 0 radical (unpaired) electrons. The molecule has 1 aromatic carbocycles. The zero-order chi connectivity index (χ0) is 20.2. The van der Waals surface area contributed by atoms with Crippen LogP contribution in [0.5, 0.6) is 5.75 Å². The van der Waals surface area contributed by atoms with Gasteiger partial charge in [0.05, 0.1) is 40.1 Å². The first-order chi connectivity index (χ1) is 13.6. The van der Waals surface area contributed by atoms with Crippen LogP contribution in [0.3, 0.4) is 0 Å². The molecule has 0 unspecified atom stereocenters. The Morgan fingerprint density at radius 3 is 2.62 bits per heavy atom. The second kappa shape index (κ2) is 14.0. The van der Waals surface area contributed by atoms with E-state index in [1.807, 2.05) is 24.3 Å². The topological polar surface area (TPSA) is 67.4 Å². The zero-order valence-corrected chi connectivity index (χ0v) is 20.5. The average molecular weight is 520 g/mol. The van der Waals surface area contributed by atoms with Crippen molar-refractivity contribution < 1.29 is 14.2 Å². The largest absolute Gasteiger partial charge is 0.496 e. The van der Waals surface area contributed by atoms with E-state index in [0.29, 0.717) is 19.8 Å². The normalized spacial score (nSPS) is 15.5. The van der Waals surface area contributed by atoms with Gasteiger partial charge in [-0.1, -0.05) is 18.2 Å². The Balaban J connectivity index is 0.00000420. The van der Waals surface area contributed by atoms with E-state index in [-0.39, 0.29) is 29.5 Å². The Bertz CT molecular complexity index is 607. The van der Waals surface area contributed by atoms with Crippen molar-refractivity contribution in [2.45, 2.75) is 32.9 Å². The number of hydrogen-bond donors (Lipinski definition) is 2. The van der Waals surface area contributed by atoms with Crippen molar-refractivity contribution in [3.63, 3.8) is 0 Å². The number of nitrogens with zero attached hydrogens (tertiary/aromatic N) is 2. The molecule has 1 saturated heterocycles. The Labute approximate surface area is 192 Å². The standard InChI is InChI=1S/C21H36N4O3.HI/c1-5-22-20(24-17-21(2,3)25-11-14-27-15-12-25)23-10-13-28-16-18-8-6-7-9-19(18)26-4;/h6-9H,5,10-17H2,1-4H3,(H2,22,23,24);1H. The number of morpholine rings is 1. The maximum atomic E-state index is 5.78. The maximum Gasteiger partial charge on any atom is 0.191 e. The first-order valence-corrected chi connectivity index (χ1v) is 10.1. The molecule has 0 spiro atoms. The SMILES string of the molecule is CCNC(=NCC(C)(C)N1CCOCC1)NCCOCc1ccccc1OC.I. The van der Waals surface area contributed by atoms with E-state index in [2.05, 4.69) is 36.3 Å². The van der Waals surface area contributed by atoms with Crippen LogP contribution in [0, 0.1) is 0 Å². The highest BCUT2D eigenvalue weighted by Gasteiger charge is 2.28. The molecule has 2 rings (SSSR count). The summed E-state index contributed by atoms with van der Waals surface area (Å²) in [6.45, 7) is 13.4. The molecule has 1 aliphatic heterocycles. The van der Waals surface area contributed by atoms with Crippen LogP contribution < -0.4 is 15.4 Å². The second-order valence-electron chi connectivity index (χ2n) is 7.40. The summed E-state index contributed by atoms with van der Waals surface area (Å²) in [5.74, 6) is 1.68. The molecule has 1 heterocycles. The van der Waals surface area contributed by atoms with Crippen LogP contribution in [-0.4, -0.2) is 76.1 Å². The molecule has 0 saturated carbocycles. The number of methoxy groups -OCH3 is 1. The summed E-state index contributed by atoms with van der Waals surface area (Å²) in [6.07, 6.45) is 0. The Hall–Kier alpha value is -1.10. The van der Waals surface area contributed by atoms with Gasteiger partial charge in [-0.05, 0) is 26.8 Å². The molecular weight excluding hydrogens is 483 g/mol. The summed E-state index contributed by atoms with van der Waals surface area (Å²) in [7, 11) is 1.68. The molecule has 1 fully saturated rings. The molecule has 2 N–H and O–H groups in total. The van der Waals surface area contributed by atoms with Crippen molar-refractivity contribution in [1.29, 1.82) is 0 Å². The van der Waals surface area contributed by atoms with Crippen LogP contribution >= 0.6 is 24.0 Å². The zero-order valence-electron chi connectivity index (χ0n) is 18.2. The summed E-state index contributed by atoms with van der Waals surface area (Å²) in [6, 6.07) is 7.92. The fourth-order valence-corrected chi connectivity index (χ4v) is 3.13. The van der Waals surface area contributed by atoms with E-state index < -0.39 is 0 Å². The molecule has 1 aromatic rings. The minimum Gasteiger partial charge on any atom is -0.496 e. The van der Waals surface area contributed by atoms with E-state index in [9.17, 15) is 0 Å². The molecule has 0 bridgehead atoms. The number of para-hydroxylation sites is 1. The van der Waals surface area contributed by atoms with Gasteiger partial charge in [0, 0.05) is 37.3 Å². The number of hydrogen-bond acceptors (Lipinski definition) is 5. The number of nitrogens with one attached hydrogen (secondary N) is 2. The fraction of sp³-hybridized carbons (Fsp3) is 0.667. The molecular formula is C21H37IN4O3. The summed E-state index contributed by atoms with van der Waals surface area (Å²) in [4.78, 5) is 7.22. The monoisotopic (exact) mass is 520 g/mol. The molecule has 0 aliphatic carbocycles. The number of ether oxygens (including phenoxy) is 3. The molecule has 0 atom stereocenters. The summed E-state index contributed by atoms with van der Waals surface area (Å²) in [5.41, 5.74) is 1.06. The number of aliphatic imine (C=N–C) groups is 1. The van der Waals surface area contributed by atoms with Crippen LogP contribution in [-0.2, 0) is 16.1 Å². The number of halogens is 1. The van der Waals surface area contributed by atoms with E-state index >= 15 is 0 Å². The highest BCUT2D eigenvalue weighted by molar-refractivity contribution is 14.0. The first kappa shape index (κ1) is 25.9. The smallest absolute Gasteiger partial charge is 0.191 e. The van der Waals surface area contributed by atoms with Crippen LogP contribution in [0.2, 0.25) is 0 Å². The lowest BCUT2D eigenvalue weighted by molar-refractivity contribution is -0.00684. The van der Waals surface area contributed by atoms with Gasteiger partial charge in [-0.3, -0.25) is 9.89 Å². The molecule has 7 nitrogen and oxygen atoms in total. The molecule has 8 heteroatoms. The van der Waals surface area contributed by atoms with Crippen molar-refractivity contribution in [3.8, 4) is 5.75 Å². The lowest BCUT2D eigenvalue weighted by atomic mass is 10.0. The van der Waals surface area contributed by atoms with Crippen molar-refractivity contribution >= 4 is 29.9 Å². The van der Waals surface area contributed by atoms with E-state index in [1.54, 1.807) is 7.11 Å². The molecule has 1 aliphatic rings. The van der Waals surface area contributed by atoms with Gasteiger partial charge < -0.3 is 24.8 Å². The van der Waals surface area contributed by atoms with Gasteiger partial charge in [-0.2, -0.15) is 0 Å². The van der Waals surface area contributed by atoms with Gasteiger partial charge in [0.1, 0.15) is 5.75 Å². The Morgan fingerprint density at radius 2 is 1.93 bits per heavy atom. The second-order valence-corrected chi connectivity index (χ2v) is 7.40. The maximum absolute atomic E-state index is 5.78. The summed E-state index contributed by atoms with van der Waals surface area (Å²) < 4.78 is 16.6. The molecule has 0 aromatic heterocycles. The van der Waals surface area contributed by atoms with Gasteiger partial charge in [-0.15, -0.1) is 24.0 Å². The number of benzene rings is 1. The Kier molecular flexibility index (Phi) is 12.5. The molecule has 29 heavy (non-hydrogen) atoms. The third kappa shape index (κ3) is 9.06. The van der Waals surface area contributed by atoms with Crippen LogP contribution in [0.4, 0.5) is 0 Å².